The normalized spacial score (nSPS) is 10.6. The molecule has 0 radical (unpaired) electrons. The smallest absolute Gasteiger partial charge is 0.229 e. The molecule has 0 aliphatic heterocycles. The second kappa shape index (κ2) is 7.68. The molecule has 0 aliphatic carbocycles. The van der Waals surface area contributed by atoms with E-state index in [0.29, 0.717) is 34.0 Å². The van der Waals surface area contributed by atoms with E-state index in [1.165, 1.54) is 12.1 Å². The molecule has 3 aromatic rings. The number of benzene rings is 2. The lowest BCUT2D eigenvalue weighted by Crippen LogP contribution is -2.06. The van der Waals surface area contributed by atoms with Gasteiger partial charge in [-0.15, -0.1) is 0 Å². The van der Waals surface area contributed by atoms with Gasteiger partial charge < -0.3 is 10.6 Å². The molecule has 0 atom stereocenters. The van der Waals surface area contributed by atoms with Crippen molar-refractivity contribution in [2.45, 2.75) is 13.5 Å². The average molecular weight is 377 g/mol. The summed E-state index contributed by atoms with van der Waals surface area (Å²) in [6.45, 7) is 2.39. The van der Waals surface area contributed by atoms with E-state index in [1.54, 1.807) is 30.3 Å². The predicted octanol–water partition coefficient (Wildman–Crippen LogP) is 5.59. The molecule has 7 heteroatoms. The highest BCUT2D eigenvalue weighted by Crippen LogP contribution is 2.31. The Morgan fingerprint density at radius 2 is 1.80 bits per heavy atom. The molecule has 2 N–H and O–H groups in total. The molecule has 2 aromatic carbocycles. The van der Waals surface area contributed by atoms with Gasteiger partial charge in [-0.3, -0.25) is 0 Å². The SMILES string of the molecule is Cc1cc(NCc2ccc(F)cc2)nc(Nc2cccc(Cl)c2Cl)n1. The van der Waals surface area contributed by atoms with Crippen LogP contribution in [0.3, 0.4) is 0 Å². The zero-order chi connectivity index (χ0) is 17.8. The van der Waals surface area contributed by atoms with Gasteiger partial charge in [0, 0.05) is 18.3 Å². The Balaban J connectivity index is 1.76. The Morgan fingerprint density at radius 1 is 1.04 bits per heavy atom. The predicted molar refractivity (Wildman–Crippen MR) is 100 cm³/mol. The number of nitrogens with zero attached hydrogens (tertiary/aromatic N) is 2. The minimum Gasteiger partial charge on any atom is -0.366 e. The quantitative estimate of drug-likeness (QED) is 0.609. The van der Waals surface area contributed by atoms with Crippen LogP contribution in [0, 0.1) is 12.7 Å². The molecule has 1 aromatic heterocycles. The topological polar surface area (TPSA) is 49.8 Å². The fourth-order valence-electron chi connectivity index (χ4n) is 2.23. The van der Waals surface area contributed by atoms with Crippen molar-refractivity contribution < 1.29 is 4.39 Å². The Morgan fingerprint density at radius 3 is 2.56 bits per heavy atom. The lowest BCUT2D eigenvalue weighted by atomic mass is 10.2. The number of anilines is 3. The molecule has 0 spiro atoms. The summed E-state index contributed by atoms with van der Waals surface area (Å²) in [6.07, 6.45) is 0. The molecule has 4 nitrogen and oxygen atoms in total. The summed E-state index contributed by atoms with van der Waals surface area (Å²) in [6, 6.07) is 13.4. The van der Waals surface area contributed by atoms with Crippen LogP contribution in [0.25, 0.3) is 0 Å². The lowest BCUT2D eigenvalue weighted by molar-refractivity contribution is 0.627. The molecule has 0 saturated heterocycles. The summed E-state index contributed by atoms with van der Waals surface area (Å²) in [5, 5.41) is 7.14. The summed E-state index contributed by atoms with van der Waals surface area (Å²) in [7, 11) is 0. The highest BCUT2D eigenvalue weighted by atomic mass is 35.5. The number of hydrogen-bond acceptors (Lipinski definition) is 4. The summed E-state index contributed by atoms with van der Waals surface area (Å²) in [4.78, 5) is 8.78. The number of nitrogens with one attached hydrogen (secondary N) is 2. The third kappa shape index (κ3) is 4.59. The van der Waals surface area contributed by atoms with E-state index in [1.807, 2.05) is 13.0 Å². The first-order chi connectivity index (χ1) is 12.0. The molecule has 0 fully saturated rings. The largest absolute Gasteiger partial charge is 0.366 e. The molecular formula is C18H15Cl2FN4. The number of halogens is 3. The molecule has 0 unspecified atom stereocenters. The molecular weight excluding hydrogens is 362 g/mol. The third-order valence-corrected chi connectivity index (χ3v) is 4.26. The summed E-state index contributed by atoms with van der Waals surface area (Å²) in [5.74, 6) is 0.801. The zero-order valence-electron chi connectivity index (χ0n) is 13.4. The van der Waals surface area contributed by atoms with Gasteiger partial charge in [-0.2, -0.15) is 4.98 Å². The van der Waals surface area contributed by atoms with Gasteiger partial charge >= 0.3 is 0 Å². The van der Waals surface area contributed by atoms with Gasteiger partial charge in [0.2, 0.25) is 5.95 Å². The van der Waals surface area contributed by atoms with Crippen LogP contribution in [0.2, 0.25) is 10.0 Å². The van der Waals surface area contributed by atoms with Crippen LogP contribution in [0.15, 0.2) is 48.5 Å². The van der Waals surface area contributed by atoms with E-state index in [2.05, 4.69) is 20.6 Å². The van der Waals surface area contributed by atoms with Crippen molar-refractivity contribution >= 4 is 40.7 Å². The first-order valence-corrected chi connectivity index (χ1v) is 8.32. The summed E-state index contributed by atoms with van der Waals surface area (Å²) < 4.78 is 13.0. The molecule has 128 valence electrons. The van der Waals surface area contributed by atoms with Crippen LogP contribution in [-0.4, -0.2) is 9.97 Å². The molecule has 1 heterocycles. The first-order valence-electron chi connectivity index (χ1n) is 7.56. The van der Waals surface area contributed by atoms with Gasteiger partial charge in [0.1, 0.15) is 11.6 Å². The standard InChI is InChI=1S/C18H15Cl2FN4/c1-11-9-16(22-10-12-5-7-13(21)8-6-12)25-18(23-11)24-15-4-2-3-14(19)17(15)20/h2-9H,10H2,1H3,(H2,22,23,24,25). The van der Waals surface area contributed by atoms with Crippen molar-refractivity contribution in [3.8, 4) is 0 Å². The Labute approximate surface area is 155 Å². The number of rotatable bonds is 5. The first kappa shape index (κ1) is 17.5. The third-order valence-electron chi connectivity index (χ3n) is 3.44. The molecule has 25 heavy (non-hydrogen) atoms. The van der Waals surface area contributed by atoms with Crippen molar-refractivity contribution in [1.29, 1.82) is 0 Å². The molecule has 0 bridgehead atoms. The monoisotopic (exact) mass is 376 g/mol. The van der Waals surface area contributed by atoms with Crippen LogP contribution in [0.1, 0.15) is 11.3 Å². The number of aryl methyl sites for hydroxylation is 1. The lowest BCUT2D eigenvalue weighted by Gasteiger charge is -2.11. The Hall–Kier alpha value is -2.37. The van der Waals surface area contributed by atoms with E-state index in [9.17, 15) is 4.39 Å². The second-order valence-electron chi connectivity index (χ2n) is 5.42. The Bertz CT molecular complexity index is 885. The van der Waals surface area contributed by atoms with Crippen molar-refractivity contribution in [3.63, 3.8) is 0 Å². The van der Waals surface area contributed by atoms with Gasteiger partial charge in [0.05, 0.1) is 15.7 Å². The number of aromatic nitrogens is 2. The highest BCUT2D eigenvalue weighted by molar-refractivity contribution is 6.43. The van der Waals surface area contributed by atoms with Crippen LogP contribution in [0.4, 0.5) is 21.8 Å². The van der Waals surface area contributed by atoms with Gasteiger partial charge in [0.15, 0.2) is 0 Å². The van der Waals surface area contributed by atoms with Crippen LogP contribution >= 0.6 is 23.2 Å². The van der Waals surface area contributed by atoms with E-state index in [-0.39, 0.29) is 5.82 Å². The summed E-state index contributed by atoms with van der Waals surface area (Å²) in [5.41, 5.74) is 2.37. The maximum absolute atomic E-state index is 13.0. The highest BCUT2D eigenvalue weighted by Gasteiger charge is 2.08. The van der Waals surface area contributed by atoms with Crippen molar-refractivity contribution in [2.75, 3.05) is 10.6 Å². The van der Waals surface area contributed by atoms with E-state index >= 15 is 0 Å². The summed E-state index contributed by atoms with van der Waals surface area (Å²) >= 11 is 12.2. The average Bonchev–Trinajstić information content (AvgIpc) is 2.58. The van der Waals surface area contributed by atoms with Crippen molar-refractivity contribution in [2.24, 2.45) is 0 Å². The van der Waals surface area contributed by atoms with Gasteiger partial charge in [-0.25, -0.2) is 9.37 Å². The molecule has 0 saturated carbocycles. The van der Waals surface area contributed by atoms with E-state index in [4.69, 9.17) is 23.2 Å². The van der Waals surface area contributed by atoms with Gasteiger partial charge in [0.25, 0.3) is 0 Å². The van der Waals surface area contributed by atoms with Crippen LogP contribution in [0.5, 0.6) is 0 Å². The zero-order valence-corrected chi connectivity index (χ0v) is 14.9. The minimum absolute atomic E-state index is 0.258. The van der Waals surface area contributed by atoms with Gasteiger partial charge in [-0.1, -0.05) is 41.4 Å². The van der Waals surface area contributed by atoms with Crippen LogP contribution < -0.4 is 10.6 Å². The van der Waals surface area contributed by atoms with Crippen LogP contribution in [-0.2, 0) is 6.54 Å². The fraction of sp³-hybridized carbons (Fsp3) is 0.111. The second-order valence-corrected chi connectivity index (χ2v) is 6.21. The molecule has 0 aliphatic rings. The van der Waals surface area contributed by atoms with E-state index < -0.39 is 0 Å². The van der Waals surface area contributed by atoms with Gasteiger partial charge in [-0.05, 0) is 36.8 Å². The fourth-order valence-corrected chi connectivity index (χ4v) is 2.58. The molecule has 0 amide bonds. The number of hydrogen-bond donors (Lipinski definition) is 2. The van der Waals surface area contributed by atoms with Crippen molar-refractivity contribution in [3.05, 3.63) is 75.7 Å². The Kier molecular flexibility index (Phi) is 5.36. The molecule has 3 rings (SSSR count). The maximum atomic E-state index is 13.0. The van der Waals surface area contributed by atoms with Crippen molar-refractivity contribution in [1.82, 2.24) is 9.97 Å². The maximum Gasteiger partial charge on any atom is 0.229 e. The minimum atomic E-state index is -0.258. The van der Waals surface area contributed by atoms with E-state index in [0.717, 1.165) is 11.3 Å².